The molecule has 0 radical (unpaired) electrons. The molecule has 20 heavy (non-hydrogen) atoms. The predicted octanol–water partition coefficient (Wildman–Crippen LogP) is 3.53. The van der Waals surface area contributed by atoms with Crippen LogP contribution in [0.25, 0.3) is 0 Å². The smallest absolute Gasteiger partial charge is 0.255 e. The standard InChI is InChI=1S/C15H20BrNO3/c1-19-11-8-12(14(20-2)13(16)9-11)15(18)17-10-6-4-3-5-7-10/h8-10H,3-7H2,1-2H3,(H,17,18). The number of methoxy groups -OCH3 is 2. The molecule has 2 rings (SSSR count). The second-order valence-electron chi connectivity index (χ2n) is 5.00. The van der Waals surface area contributed by atoms with Crippen molar-refractivity contribution in [2.24, 2.45) is 0 Å². The Bertz CT molecular complexity index is 484. The molecule has 0 aromatic heterocycles. The van der Waals surface area contributed by atoms with E-state index in [1.54, 1.807) is 26.4 Å². The molecule has 1 aromatic rings. The van der Waals surface area contributed by atoms with E-state index >= 15 is 0 Å². The van der Waals surface area contributed by atoms with Gasteiger partial charge in [-0.05, 0) is 40.9 Å². The second kappa shape index (κ2) is 6.97. The highest BCUT2D eigenvalue weighted by Gasteiger charge is 2.21. The molecule has 1 saturated carbocycles. The number of halogens is 1. The zero-order valence-corrected chi connectivity index (χ0v) is 13.5. The summed E-state index contributed by atoms with van der Waals surface area (Å²) in [5.41, 5.74) is 0.504. The molecule has 0 spiro atoms. The Morgan fingerprint density at radius 3 is 2.50 bits per heavy atom. The first-order valence-corrected chi connectivity index (χ1v) is 7.67. The molecule has 0 unspecified atom stereocenters. The van der Waals surface area contributed by atoms with Gasteiger partial charge in [-0.3, -0.25) is 4.79 Å². The van der Waals surface area contributed by atoms with Crippen LogP contribution in [0, 0.1) is 0 Å². The maximum atomic E-state index is 12.4. The largest absolute Gasteiger partial charge is 0.497 e. The Morgan fingerprint density at radius 1 is 1.20 bits per heavy atom. The Hall–Kier alpha value is -1.23. The van der Waals surface area contributed by atoms with Crippen LogP contribution in [0.15, 0.2) is 16.6 Å². The van der Waals surface area contributed by atoms with E-state index in [1.807, 2.05) is 0 Å². The van der Waals surface area contributed by atoms with Crippen molar-refractivity contribution in [2.45, 2.75) is 38.1 Å². The molecule has 5 heteroatoms. The number of carbonyl (C=O) groups is 1. The Kier molecular flexibility index (Phi) is 5.29. The summed E-state index contributed by atoms with van der Waals surface area (Å²) in [6.45, 7) is 0. The molecule has 0 bridgehead atoms. The van der Waals surface area contributed by atoms with Crippen molar-refractivity contribution in [2.75, 3.05) is 14.2 Å². The van der Waals surface area contributed by atoms with Crippen LogP contribution in [0.5, 0.6) is 11.5 Å². The van der Waals surface area contributed by atoms with Crippen LogP contribution in [0.4, 0.5) is 0 Å². The molecule has 110 valence electrons. The number of carbonyl (C=O) groups excluding carboxylic acids is 1. The van der Waals surface area contributed by atoms with Crippen molar-refractivity contribution in [1.29, 1.82) is 0 Å². The number of benzene rings is 1. The number of hydrogen-bond donors (Lipinski definition) is 1. The first-order valence-electron chi connectivity index (χ1n) is 6.88. The van der Waals surface area contributed by atoms with Gasteiger partial charge in [-0.15, -0.1) is 0 Å². The third kappa shape index (κ3) is 3.45. The van der Waals surface area contributed by atoms with Crippen molar-refractivity contribution in [3.8, 4) is 11.5 Å². The summed E-state index contributed by atoms with van der Waals surface area (Å²) in [7, 11) is 3.14. The van der Waals surface area contributed by atoms with Gasteiger partial charge in [0, 0.05) is 6.04 Å². The molecule has 1 amide bonds. The maximum Gasteiger partial charge on any atom is 0.255 e. The Balaban J connectivity index is 2.20. The molecule has 1 fully saturated rings. The molecular weight excluding hydrogens is 322 g/mol. The number of hydrogen-bond acceptors (Lipinski definition) is 3. The van der Waals surface area contributed by atoms with Gasteiger partial charge in [0.1, 0.15) is 11.5 Å². The van der Waals surface area contributed by atoms with Gasteiger partial charge in [-0.1, -0.05) is 19.3 Å². The van der Waals surface area contributed by atoms with E-state index in [0.717, 1.165) is 12.8 Å². The highest BCUT2D eigenvalue weighted by atomic mass is 79.9. The Labute approximate surface area is 128 Å². The van der Waals surface area contributed by atoms with E-state index in [-0.39, 0.29) is 11.9 Å². The van der Waals surface area contributed by atoms with E-state index in [0.29, 0.717) is 21.5 Å². The third-order valence-electron chi connectivity index (χ3n) is 3.64. The average Bonchev–Trinajstić information content (AvgIpc) is 2.47. The fourth-order valence-corrected chi connectivity index (χ4v) is 3.17. The van der Waals surface area contributed by atoms with E-state index in [4.69, 9.17) is 9.47 Å². The van der Waals surface area contributed by atoms with Gasteiger partial charge in [0.15, 0.2) is 0 Å². The molecule has 1 aromatic carbocycles. The molecular formula is C15H20BrNO3. The lowest BCUT2D eigenvalue weighted by molar-refractivity contribution is 0.0924. The fourth-order valence-electron chi connectivity index (χ4n) is 2.57. The van der Waals surface area contributed by atoms with Gasteiger partial charge in [0.25, 0.3) is 5.91 Å². The first kappa shape index (κ1) is 15.2. The molecule has 4 nitrogen and oxygen atoms in total. The van der Waals surface area contributed by atoms with Gasteiger partial charge in [0.2, 0.25) is 0 Å². The van der Waals surface area contributed by atoms with Crippen molar-refractivity contribution in [1.82, 2.24) is 5.32 Å². The molecule has 1 aliphatic rings. The fraction of sp³-hybridized carbons (Fsp3) is 0.533. The molecule has 1 N–H and O–H groups in total. The van der Waals surface area contributed by atoms with Crippen LogP contribution in [-0.2, 0) is 0 Å². The minimum Gasteiger partial charge on any atom is -0.497 e. The summed E-state index contributed by atoms with van der Waals surface area (Å²) < 4.78 is 11.2. The summed E-state index contributed by atoms with van der Waals surface area (Å²) >= 11 is 3.41. The minimum atomic E-state index is -0.103. The number of amides is 1. The van der Waals surface area contributed by atoms with Crippen LogP contribution in [0.2, 0.25) is 0 Å². The summed E-state index contributed by atoms with van der Waals surface area (Å²) in [6, 6.07) is 3.77. The van der Waals surface area contributed by atoms with Crippen molar-refractivity contribution < 1.29 is 14.3 Å². The second-order valence-corrected chi connectivity index (χ2v) is 5.85. The molecule has 0 saturated heterocycles. The zero-order valence-electron chi connectivity index (χ0n) is 11.9. The Morgan fingerprint density at radius 2 is 1.90 bits per heavy atom. The van der Waals surface area contributed by atoms with Gasteiger partial charge in [0.05, 0.1) is 24.3 Å². The maximum absolute atomic E-state index is 12.4. The predicted molar refractivity (Wildman–Crippen MR) is 81.6 cm³/mol. The lowest BCUT2D eigenvalue weighted by Crippen LogP contribution is -2.36. The monoisotopic (exact) mass is 341 g/mol. The lowest BCUT2D eigenvalue weighted by Gasteiger charge is -2.23. The average molecular weight is 342 g/mol. The minimum absolute atomic E-state index is 0.103. The third-order valence-corrected chi connectivity index (χ3v) is 4.23. The quantitative estimate of drug-likeness (QED) is 0.911. The number of rotatable bonds is 4. The van der Waals surface area contributed by atoms with Crippen LogP contribution in [0.1, 0.15) is 42.5 Å². The summed E-state index contributed by atoms with van der Waals surface area (Å²) in [5, 5.41) is 3.09. The van der Waals surface area contributed by atoms with E-state index in [1.165, 1.54) is 19.3 Å². The summed E-state index contributed by atoms with van der Waals surface area (Å²) in [6.07, 6.45) is 5.74. The SMILES string of the molecule is COc1cc(Br)c(OC)c(C(=O)NC2CCCCC2)c1. The van der Waals surface area contributed by atoms with Gasteiger partial charge < -0.3 is 14.8 Å². The number of nitrogens with one attached hydrogen (secondary N) is 1. The van der Waals surface area contributed by atoms with Crippen LogP contribution >= 0.6 is 15.9 Å². The van der Waals surface area contributed by atoms with Gasteiger partial charge in [-0.25, -0.2) is 0 Å². The van der Waals surface area contributed by atoms with Crippen molar-refractivity contribution in [3.63, 3.8) is 0 Å². The van der Waals surface area contributed by atoms with Crippen LogP contribution in [-0.4, -0.2) is 26.2 Å². The van der Waals surface area contributed by atoms with Crippen molar-refractivity contribution in [3.05, 3.63) is 22.2 Å². The molecule has 0 atom stereocenters. The van der Waals surface area contributed by atoms with Gasteiger partial charge in [-0.2, -0.15) is 0 Å². The normalized spacial score (nSPS) is 15.8. The first-order chi connectivity index (χ1) is 9.65. The van der Waals surface area contributed by atoms with Crippen LogP contribution < -0.4 is 14.8 Å². The zero-order chi connectivity index (χ0) is 14.5. The highest BCUT2D eigenvalue weighted by molar-refractivity contribution is 9.10. The van der Waals surface area contributed by atoms with E-state index in [2.05, 4.69) is 21.2 Å². The topological polar surface area (TPSA) is 47.6 Å². The van der Waals surface area contributed by atoms with E-state index < -0.39 is 0 Å². The lowest BCUT2D eigenvalue weighted by atomic mass is 9.95. The van der Waals surface area contributed by atoms with Gasteiger partial charge >= 0.3 is 0 Å². The van der Waals surface area contributed by atoms with E-state index in [9.17, 15) is 4.79 Å². The molecule has 1 aliphatic carbocycles. The highest BCUT2D eigenvalue weighted by Crippen LogP contribution is 2.33. The summed E-state index contributed by atoms with van der Waals surface area (Å²) in [4.78, 5) is 12.4. The summed E-state index contributed by atoms with van der Waals surface area (Å²) in [5.74, 6) is 1.07. The number of ether oxygens (including phenoxy) is 2. The molecule has 0 heterocycles. The molecule has 0 aliphatic heterocycles. The van der Waals surface area contributed by atoms with Crippen LogP contribution in [0.3, 0.4) is 0 Å². The van der Waals surface area contributed by atoms with Crippen molar-refractivity contribution >= 4 is 21.8 Å².